The maximum absolute atomic E-state index is 13.1. The second-order valence-electron chi connectivity index (χ2n) is 6.57. The van der Waals surface area contributed by atoms with Gasteiger partial charge in [-0.25, -0.2) is 19.6 Å². The van der Waals surface area contributed by atoms with E-state index in [0.717, 1.165) is 17.8 Å². The Kier molecular flexibility index (Phi) is 8.19. The number of benzene rings is 1. The van der Waals surface area contributed by atoms with Crippen molar-refractivity contribution in [3.05, 3.63) is 53.3 Å². The van der Waals surface area contributed by atoms with Gasteiger partial charge in [0.2, 0.25) is 0 Å². The molecule has 2 aromatic rings. The van der Waals surface area contributed by atoms with E-state index >= 15 is 0 Å². The van der Waals surface area contributed by atoms with E-state index in [2.05, 4.69) is 14.7 Å². The number of amidine groups is 1. The van der Waals surface area contributed by atoms with E-state index in [1.165, 1.54) is 22.9 Å². The molecule has 1 saturated heterocycles. The van der Waals surface area contributed by atoms with Crippen LogP contribution < -0.4 is 4.90 Å². The van der Waals surface area contributed by atoms with E-state index in [1.54, 1.807) is 44.2 Å². The second-order valence-corrected chi connectivity index (χ2v) is 7.58. The fourth-order valence-electron chi connectivity index (χ4n) is 2.94. The highest BCUT2D eigenvalue weighted by atomic mass is 32.2. The van der Waals surface area contributed by atoms with Gasteiger partial charge in [-0.15, -0.1) is 0 Å². The molecule has 0 N–H and O–H groups in total. The third-order valence-electron chi connectivity index (χ3n) is 4.36. The molecule has 1 aliphatic heterocycles. The number of para-hydroxylation sites is 1. The number of methoxy groups -OCH3 is 1. The first-order valence-electron chi connectivity index (χ1n) is 10.2. The van der Waals surface area contributed by atoms with Crippen molar-refractivity contribution in [2.24, 2.45) is 4.99 Å². The average Bonchev–Trinajstić information content (AvgIpc) is 3.34. The highest BCUT2D eigenvalue weighted by Gasteiger charge is 2.36. The Hall–Kier alpha value is -3.93. The molecule has 1 aliphatic rings. The fraction of sp³-hybridized carbons (Fsp3) is 0.273. The number of amides is 1. The van der Waals surface area contributed by atoms with Gasteiger partial charge in [-0.1, -0.05) is 18.2 Å². The van der Waals surface area contributed by atoms with Crippen molar-refractivity contribution in [3.8, 4) is 0 Å². The molecule has 0 atom stereocenters. The summed E-state index contributed by atoms with van der Waals surface area (Å²) in [6, 6.07) is 8.66. The quantitative estimate of drug-likeness (QED) is 0.314. The van der Waals surface area contributed by atoms with Gasteiger partial charge in [0.15, 0.2) is 16.7 Å². The van der Waals surface area contributed by atoms with Crippen molar-refractivity contribution < 1.29 is 33.4 Å². The average molecular weight is 487 g/mol. The van der Waals surface area contributed by atoms with Gasteiger partial charge in [-0.2, -0.15) is 0 Å². The third kappa shape index (κ3) is 5.52. The third-order valence-corrected chi connectivity index (χ3v) is 5.33. The molecular formula is C22H22N4O7S. The molecule has 0 aliphatic carbocycles. The minimum absolute atomic E-state index is 0.0571. The molecule has 0 bridgehead atoms. The van der Waals surface area contributed by atoms with E-state index in [-0.39, 0.29) is 41.3 Å². The number of anilines is 1. The monoisotopic (exact) mass is 486 g/mol. The van der Waals surface area contributed by atoms with Crippen molar-refractivity contribution in [2.45, 2.75) is 20.4 Å². The van der Waals surface area contributed by atoms with Gasteiger partial charge in [-0.05, 0) is 37.7 Å². The lowest BCUT2D eigenvalue weighted by Gasteiger charge is -2.15. The maximum Gasteiger partial charge on any atom is 0.358 e. The molecule has 1 aromatic carbocycles. The van der Waals surface area contributed by atoms with Gasteiger partial charge in [0, 0.05) is 6.08 Å². The minimum atomic E-state index is -0.741. The number of aliphatic imine (C=N–C) groups is 1. The van der Waals surface area contributed by atoms with Crippen LogP contribution in [0.4, 0.5) is 11.5 Å². The first-order chi connectivity index (χ1) is 16.4. The van der Waals surface area contributed by atoms with Crippen LogP contribution in [0, 0.1) is 0 Å². The van der Waals surface area contributed by atoms with Crippen molar-refractivity contribution in [2.75, 3.05) is 25.2 Å². The smallest absolute Gasteiger partial charge is 0.358 e. The number of esters is 3. The molecule has 3 rings (SSSR count). The van der Waals surface area contributed by atoms with Crippen molar-refractivity contribution in [1.29, 1.82) is 0 Å². The first-order valence-corrected chi connectivity index (χ1v) is 11.0. The number of hydrogen-bond acceptors (Lipinski definition) is 10. The fourth-order valence-corrected chi connectivity index (χ4v) is 3.88. The molecule has 0 radical (unpaired) electrons. The van der Waals surface area contributed by atoms with Crippen LogP contribution in [0.2, 0.25) is 0 Å². The highest BCUT2D eigenvalue weighted by Crippen LogP contribution is 2.36. The Morgan fingerprint density at radius 3 is 2.47 bits per heavy atom. The Balaban J connectivity index is 2.09. The summed E-state index contributed by atoms with van der Waals surface area (Å²) >= 11 is 0.919. The number of hydrogen-bond donors (Lipinski definition) is 0. The van der Waals surface area contributed by atoms with E-state index in [4.69, 9.17) is 9.47 Å². The number of nitrogens with zero attached hydrogens (tertiary/aromatic N) is 4. The summed E-state index contributed by atoms with van der Waals surface area (Å²) in [6.07, 6.45) is 2.33. The van der Waals surface area contributed by atoms with Gasteiger partial charge in [0.1, 0.15) is 6.54 Å². The molecule has 1 aromatic heterocycles. The van der Waals surface area contributed by atoms with E-state index in [0.29, 0.717) is 5.69 Å². The zero-order valence-electron chi connectivity index (χ0n) is 18.7. The van der Waals surface area contributed by atoms with Crippen LogP contribution in [0.25, 0.3) is 0 Å². The number of aromatic nitrogens is 2. The minimum Gasteiger partial charge on any atom is -0.466 e. The zero-order chi connectivity index (χ0) is 24.7. The lowest BCUT2D eigenvalue weighted by Crippen LogP contribution is -2.28. The molecule has 11 nitrogen and oxygen atoms in total. The van der Waals surface area contributed by atoms with E-state index in [1.807, 2.05) is 0 Å². The van der Waals surface area contributed by atoms with Gasteiger partial charge in [0.05, 0.1) is 37.2 Å². The highest BCUT2D eigenvalue weighted by molar-refractivity contribution is 8.19. The summed E-state index contributed by atoms with van der Waals surface area (Å²) in [6.45, 7) is 3.30. The molecule has 2 heterocycles. The van der Waals surface area contributed by atoms with Crippen LogP contribution in [0.5, 0.6) is 0 Å². The van der Waals surface area contributed by atoms with Gasteiger partial charge in [-0.3, -0.25) is 14.5 Å². The molecule has 0 unspecified atom stereocenters. The van der Waals surface area contributed by atoms with Crippen LogP contribution in [0.15, 0.2) is 52.6 Å². The summed E-state index contributed by atoms with van der Waals surface area (Å²) in [4.78, 5) is 59.4. The predicted octanol–water partition coefficient (Wildman–Crippen LogP) is 2.45. The molecule has 0 spiro atoms. The molecule has 34 heavy (non-hydrogen) atoms. The Bertz CT molecular complexity index is 1160. The summed E-state index contributed by atoms with van der Waals surface area (Å²) in [5, 5.41) is 0.151. The van der Waals surface area contributed by atoms with Crippen LogP contribution in [0.1, 0.15) is 24.3 Å². The van der Waals surface area contributed by atoms with Crippen LogP contribution in [-0.2, 0) is 35.1 Å². The largest absolute Gasteiger partial charge is 0.466 e. The van der Waals surface area contributed by atoms with Crippen molar-refractivity contribution in [3.63, 3.8) is 0 Å². The number of imidazole rings is 1. The van der Waals surface area contributed by atoms with Crippen LogP contribution in [-0.4, -0.2) is 58.9 Å². The lowest BCUT2D eigenvalue weighted by molar-refractivity contribution is -0.143. The predicted molar refractivity (Wildman–Crippen MR) is 124 cm³/mol. The molecule has 178 valence electrons. The molecule has 12 heteroatoms. The van der Waals surface area contributed by atoms with Crippen molar-refractivity contribution >= 4 is 52.2 Å². The Morgan fingerprint density at radius 1 is 1.12 bits per heavy atom. The Morgan fingerprint density at radius 2 is 1.82 bits per heavy atom. The summed E-state index contributed by atoms with van der Waals surface area (Å²) in [5.41, 5.74) is 0.421. The standard InChI is InChI=1S/C22H22N4O7S/c1-4-32-17(28)12-25-13-23-19(18(25)21(30)33-5-2)24-22-26(14-9-7-6-8-10-14)20(29)15(34-22)11-16(27)31-3/h6-11,13H,4-5,12H2,1-3H3. The molecule has 1 amide bonds. The lowest BCUT2D eigenvalue weighted by atomic mass is 10.3. The summed E-state index contributed by atoms with van der Waals surface area (Å²) in [7, 11) is 1.20. The topological polar surface area (TPSA) is 129 Å². The van der Waals surface area contributed by atoms with Gasteiger partial charge in [0.25, 0.3) is 5.91 Å². The Labute approximate surface area is 199 Å². The molecular weight excluding hydrogens is 464 g/mol. The SMILES string of the molecule is CCOC(=O)Cn1cnc(N=C2SC(=CC(=O)OC)C(=O)N2c2ccccc2)c1C(=O)OCC. The summed E-state index contributed by atoms with van der Waals surface area (Å²) < 4.78 is 16.0. The summed E-state index contributed by atoms with van der Waals surface area (Å²) in [5.74, 6) is -2.56. The first kappa shape index (κ1) is 24.7. The number of carbonyl (C=O) groups excluding carboxylic acids is 4. The number of thioether (sulfide) groups is 1. The zero-order valence-corrected chi connectivity index (χ0v) is 19.5. The number of ether oxygens (including phenoxy) is 3. The van der Waals surface area contributed by atoms with Crippen molar-refractivity contribution in [1.82, 2.24) is 9.55 Å². The second kappa shape index (κ2) is 11.3. The van der Waals surface area contributed by atoms with Gasteiger partial charge >= 0.3 is 17.9 Å². The maximum atomic E-state index is 13.1. The van der Waals surface area contributed by atoms with Crippen LogP contribution >= 0.6 is 11.8 Å². The normalized spacial score (nSPS) is 15.6. The number of rotatable bonds is 8. The molecule has 1 fully saturated rings. The number of carbonyl (C=O) groups is 4. The van der Waals surface area contributed by atoms with Gasteiger partial charge < -0.3 is 18.8 Å². The molecule has 0 saturated carbocycles. The van der Waals surface area contributed by atoms with E-state index < -0.39 is 23.8 Å². The van der Waals surface area contributed by atoms with Crippen LogP contribution in [0.3, 0.4) is 0 Å². The van der Waals surface area contributed by atoms with E-state index in [9.17, 15) is 19.2 Å².